The van der Waals surface area contributed by atoms with Gasteiger partial charge in [0.15, 0.2) is 0 Å². The standard InChI is InChI=1S/C6H4F3N.C4H9.2CHO.Ru/c7-6(8,9)5-1-3-10-4-2-5;1-4(2)3;2*1-2;/h1-4H;1-3H3;2*1H;/q;3*-1;+3. The first kappa shape index (κ1) is 26.5. The number of pyridine rings is 1. The first-order chi connectivity index (χ1) is 8.34. The van der Waals surface area contributed by atoms with Gasteiger partial charge >= 0.3 is 25.7 Å². The Bertz CT molecular complexity index is 277. The molecule has 19 heavy (non-hydrogen) atoms. The summed E-state index contributed by atoms with van der Waals surface area (Å²) in [7, 11) is 0. The van der Waals surface area contributed by atoms with Crippen molar-refractivity contribution in [1.29, 1.82) is 0 Å². The van der Waals surface area contributed by atoms with Gasteiger partial charge < -0.3 is 15.5 Å². The Balaban J connectivity index is -0.000000107. The molecule has 0 saturated carbocycles. The van der Waals surface area contributed by atoms with Crippen LogP contribution in [0.1, 0.15) is 26.3 Å². The molecule has 0 spiro atoms. The van der Waals surface area contributed by atoms with Gasteiger partial charge in [-0.05, 0) is 12.1 Å². The smallest absolute Gasteiger partial charge is 0.545 e. The van der Waals surface area contributed by atoms with E-state index >= 15 is 0 Å². The van der Waals surface area contributed by atoms with Crippen molar-refractivity contribution in [2.75, 3.05) is 0 Å². The monoisotopic (exact) mass is 364 g/mol. The molecule has 0 N–H and O–H groups in total. The molecule has 0 unspecified atom stereocenters. The van der Waals surface area contributed by atoms with Gasteiger partial charge in [-0.1, -0.05) is 0 Å². The summed E-state index contributed by atoms with van der Waals surface area (Å²) in [5, 5.41) is 0. The van der Waals surface area contributed by atoms with E-state index in [1.807, 2.05) is 0 Å². The maximum Gasteiger partial charge on any atom is 3.00 e. The van der Waals surface area contributed by atoms with E-state index in [9.17, 15) is 13.2 Å². The van der Waals surface area contributed by atoms with Crippen molar-refractivity contribution in [2.24, 2.45) is 0 Å². The van der Waals surface area contributed by atoms with Crippen LogP contribution in [0.3, 0.4) is 0 Å². The van der Waals surface area contributed by atoms with Gasteiger partial charge in [-0.25, -0.2) is 0 Å². The van der Waals surface area contributed by atoms with Crippen molar-refractivity contribution < 1.29 is 42.2 Å². The van der Waals surface area contributed by atoms with Crippen LogP contribution in [0.2, 0.25) is 0 Å². The number of halogens is 3. The van der Waals surface area contributed by atoms with E-state index in [1.54, 1.807) is 0 Å². The van der Waals surface area contributed by atoms with E-state index in [1.165, 1.54) is 5.92 Å². The predicted molar refractivity (Wildman–Crippen MR) is 63.0 cm³/mol. The summed E-state index contributed by atoms with van der Waals surface area (Å²) >= 11 is 0. The average molecular weight is 363 g/mol. The third-order valence-electron chi connectivity index (χ3n) is 1.01. The summed E-state index contributed by atoms with van der Waals surface area (Å²) in [4.78, 5) is 19.0. The van der Waals surface area contributed by atoms with Crippen LogP contribution in [0.5, 0.6) is 0 Å². The molecule has 0 aliphatic carbocycles. The van der Waals surface area contributed by atoms with Gasteiger partial charge in [0, 0.05) is 12.4 Å². The average Bonchev–Trinajstić information content (AvgIpc) is 2.34. The molecule has 0 aliphatic heterocycles. The van der Waals surface area contributed by atoms with Gasteiger partial charge in [0.05, 0.1) is 5.56 Å². The normalized spacial score (nSPS) is 8.37. The molecule has 0 atom stereocenters. The number of rotatable bonds is 0. The van der Waals surface area contributed by atoms with E-state index in [-0.39, 0.29) is 19.5 Å². The molecule has 1 heterocycles. The number of nitrogens with zero attached hydrogens (tertiary/aromatic N) is 1. The summed E-state index contributed by atoms with van der Waals surface area (Å²) < 4.78 is 35.3. The number of hydrogen-bond acceptors (Lipinski definition) is 3. The van der Waals surface area contributed by atoms with Gasteiger partial charge in [-0.2, -0.15) is 33.9 Å². The molecular formula is C12H15F3NO2Ru. The molecule has 0 saturated heterocycles. The third kappa shape index (κ3) is 22.5. The summed E-state index contributed by atoms with van der Waals surface area (Å²) in [6.07, 6.45) is -2.02. The van der Waals surface area contributed by atoms with E-state index in [0.717, 1.165) is 24.5 Å². The molecular weight excluding hydrogens is 348 g/mol. The van der Waals surface area contributed by atoms with Crippen LogP contribution in [0.4, 0.5) is 13.2 Å². The van der Waals surface area contributed by atoms with Crippen LogP contribution in [0, 0.1) is 5.92 Å². The molecule has 109 valence electrons. The Labute approximate surface area is 124 Å². The van der Waals surface area contributed by atoms with Crippen molar-refractivity contribution in [2.45, 2.75) is 26.9 Å². The number of carbonyl (C=O) groups excluding carboxylic acids is 2. The summed E-state index contributed by atoms with van der Waals surface area (Å²) in [5.74, 6) is 1.42. The quantitative estimate of drug-likeness (QED) is 0.404. The minimum atomic E-state index is -4.25. The van der Waals surface area contributed by atoms with Crippen molar-refractivity contribution in [3.05, 3.63) is 36.0 Å². The topological polar surface area (TPSA) is 47.0 Å². The Hall–Kier alpha value is -1.10. The van der Waals surface area contributed by atoms with Crippen LogP contribution < -0.4 is 0 Å². The van der Waals surface area contributed by atoms with Crippen LogP contribution in [-0.2, 0) is 35.2 Å². The zero-order chi connectivity index (χ0) is 15.2. The predicted octanol–water partition coefficient (Wildman–Crippen LogP) is 3.17. The summed E-state index contributed by atoms with van der Waals surface area (Å²) in [6.45, 7) is 12.8. The number of hydrogen-bond donors (Lipinski definition) is 0. The molecule has 7 heteroatoms. The molecule has 0 aliphatic rings. The Kier molecular flexibility index (Phi) is 23.5. The van der Waals surface area contributed by atoms with Gasteiger partial charge in [0.25, 0.3) is 0 Å². The summed E-state index contributed by atoms with van der Waals surface area (Å²) in [5.41, 5.74) is -0.664. The fraction of sp³-hybridized carbons (Fsp3) is 0.333. The fourth-order valence-electron chi connectivity index (χ4n) is 0.541. The maximum absolute atomic E-state index is 11.8. The molecule has 1 aromatic heterocycles. The van der Waals surface area contributed by atoms with Crippen LogP contribution in [0.15, 0.2) is 24.5 Å². The minimum absolute atomic E-state index is 0. The van der Waals surface area contributed by atoms with Crippen molar-refractivity contribution in [3.8, 4) is 0 Å². The zero-order valence-corrected chi connectivity index (χ0v) is 12.5. The number of alkyl halides is 3. The number of aromatic nitrogens is 1. The minimum Gasteiger partial charge on any atom is -0.545 e. The van der Waals surface area contributed by atoms with E-state index in [2.05, 4.69) is 39.3 Å². The maximum atomic E-state index is 11.8. The second kappa shape index (κ2) is 16.9. The molecule has 0 fully saturated rings. The molecule has 0 aromatic carbocycles. The van der Waals surface area contributed by atoms with Gasteiger partial charge in [0.1, 0.15) is 0 Å². The van der Waals surface area contributed by atoms with Gasteiger partial charge in [-0.3, -0.25) is 18.6 Å². The third-order valence-corrected chi connectivity index (χ3v) is 1.01. The zero-order valence-electron chi connectivity index (χ0n) is 10.7. The van der Waals surface area contributed by atoms with Crippen molar-refractivity contribution >= 4 is 13.6 Å². The molecule has 1 aromatic rings. The molecule has 0 amide bonds. The molecule has 1 rings (SSSR count). The largest absolute Gasteiger partial charge is 3.00 e. The van der Waals surface area contributed by atoms with Gasteiger partial charge in [0.2, 0.25) is 0 Å². The van der Waals surface area contributed by atoms with Crippen LogP contribution >= 0.6 is 0 Å². The second-order valence-electron chi connectivity index (χ2n) is 3.23. The molecule has 3 nitrogen and oxygen atoms in total. The van der Waals surface area contributed by atoms with Crippen molar-refractivity contribution in [1.82, 2.24) is 4.98 Å². The molecule has 0 bridgehead atoms. The Morgan fingerprint density at radius 3 is 1.42 bits per heavy atom. The summed E-state index contributed by atoms with van der Waals surface area (Å²) in [6, 6.07) is 1.86. The SMILES string of the molecule is C[C-](C)C.FC(F)(F)c1ccncc1.[CH-]=O.[CH-]=O.[Ru+3]. The first-order valence-corrected chi connectivity index (χ1v) is 4.55. The Morgan fingerprint density at radius 2 is 1.26 bits per heavy atom. The second-order valence-corrected chi connectivity index (χ2v) is 3.23. The van der Waals surface area contributed by atoms with E-state index in [0.29, 0.717) is 0 Å². The van der Waals surface area contributed by atoms with E-state index < -0.39 is 11.7 Å². The first-order valence-electron chi connectivity index (χ1n) is 4.55. The van der Waals surface area contributed by atoms with Crippen molar-refractivity contribution in [3.63, 3.8) is 0 Å². The fourth-order valence-corrected chi connectivity index (χ4v) is 0.541. The van der Waals surface area contributed by atoms with Crippen LogP contribution in [-0.4, -0.2) is 18.6 Å². The van der Waals surface area contributed by atoms with Gasteiger partial charge in [-0.15, -0.1) is 0 Å². The van der Waals surface area contributed by atoms with Crippen LogP contribution in [0.25, 0.3) is 0 Å². The Morgan fingerprint density at radius 1 is 1.00 bits per heavy atom. The van der Waals surface area contributed by atoms with E-state index in [4.69, 9.17) is 9.59 Å². The molecule has 1 radical (unpaired) electrons.